The van der Waals surface area contributed by atoms with Crippen molar-refractivity contribution in [1.29, 1.82) is 5.26 Å². The van der Waals surface area contributed by atoms with Crippen LogP contribution in [0, 0.1) is 32.1 Å². The van der Waals surface area contributed by atoms with E-state index in [1.807, 2.05) is 13.8 Å². The lowest BCUT2D eigenvalue weighted by atomic mass is 9.88. The van der Waals surface area contributed by atoms with E-state index in [-0.39, 0.29) is 10.5 Å². The maximum atomic E-state index is 12.9. The molecule has 1 heterocycles. The molecule has 142 valence electrons. The summed E-state index contributed by atoms with van der Waals surface area (Å²) in [6, 6.07) is 0.205. The van der Waals surface area contributed by atoms with E-state index in [1.54, 1.807) is 26.8 Å². The van der Waals surface area contributed by atoms with Crippen molar-refractivity contribution in [2.75, 3.05) is 0 Å². The number of nitrogens with one attached hydrogen (secondary N) is 1. The topological polar surface area (TPSA) is 116 Å². The minimum atomic E-state index is -4.11. The molecule has 2 rings (SSSR count). The fourth-order valence-electron chi connectivity index (χ4n) is 3.27. The van der Waals surface area contributed by atoms with Crippen molar-refractivity contribution in [1.82, 2.24) is 4.72 Å². The van der Waals surface area contributed by atoms with E-state index in [0.717, 1.165) is 17.5 Å². The Bertz CT molecular complexity index is 897. The number of hydrogen-bond acceptors (Lipinski definition) is 5. The summed E-state index contributed by atoms with van der Waals surface area (Å²) in [5.41, 5.74) is 2.32. The van der Waals surface area contributed by atoms with Crippen molar-refractivity contribution in [3.8, 4) is 11.8 Å². The summed E-state index contributed by atoms with van der Waals surface area (Å²) in [6.07, 6.45) is 0.981. The Balaban J connectivity index is 2.59. The van der Waals surface area contributed by atoms with Gasteiger partial charge >= 0.3 is 5.97 Å². The van der Waals surface area contributed by atoms with Gasteiger partial charge in [-0.1, -0.05) is 0 Å². The molecule has 0 bridgehead atoms. The molecular formula is C18H24N2O5S. The molecule has 0 fully saturated rings. The third-order valence-corrected chi connectivity index (χ3v) is 6.57. The standard InChI is InChI=1S/C18H24N2O5S/c1-10-11(2)16(26(23,24)20-14(7-9-19)17(21)22)12(3)13-6-8-18(4,5)25-15(10)13/h14,20H,6-8H2,1-5H3,(H,21,22)/t14-/m1/s1. The lowest BCUT2D eigenvalue weighted by molar-refractivity contribution is -0.138. The zero-order chi connectivity index (χ0) is 19.9. The monoisotopic (exact) mass is 380 g/mol. The molecule has 0 spiro atoms. The van der Waals surface area contributed by atoms with Crippen LogP contribution in [0.2, 0.25) is 0 Å². The third-order valence-electron chi connectivity index (χ3n) is 4.83. The lowest BCUT2D eigenvalue weighted by Gasteiger charge is -2.35. The Morgan fingerprint density at radius 3 is 2.46 bits per heavy atom. The number of carbonyl (C=O) groups is 1. The Hall–Kier alpha value is -2.11. The summed E-state index contributed by atoms with van der Waals surface area (Å²) in [5, 5.41) is 17.9. The second-order valence-electron chi connectivity index (χ2n) is 7.25. The van der Waals surface area contributed by atoms with Gasteiger partial charge in [0.25, 0.3) is 0 Å². The van der Waals surface area contributed by atoms with E-state index in [0.29, 0.717) is 23.3 Å². The molecule has 7 nitrogen and oxygen atoms in total. The second kappa shape index (κ2) is 6.89. The van der Waals surface area contributed by atoms with Crippen molar-refractivity contribution in [2.24, 2.45) is 0 Å². The molecule has 0 radical (unpaired) electrons. The first-order valence-corrected chi connectivity index (χ1v) is 9.83. The smallest absolute Gasteiger partial charge is 0.322 e. The largest absolute Gasteiger partial charge is 0.487 e. The molecule has 0 aliphatic carbocycles. The average molecular weight is 380 g/mol. The van der Waals surface area contributed by atoms with Gasteiger partial charge in [0.05, 0.1) is 17.4 Å². The Morgan fingerprint density at radius 1 is 1.31 bits per heavy atom. The van der Waals surface area contributed by atoms with E-state index in [1.165, 1.54) is 0 Å². The van der Waals surface area contributed by atoms with Crippen molar-refractivity contribution < 1.29 is 23.1 Å². The minimum absolute atomic E-state index is 0.0706. The SMILES string of the molecule is Cc1c(C)c(S(=O)(=O)N[C@H](CC#N)C(=O)O)c(C)c2c1OC(C)(C)CC2. The molecule has 1 aromatic rings. The van der Waals surface area contributed by atoms with Crippen LogP contribution < -0.4 is 9.46 Å². The number of nitriles is 1. The molecule has 0 saturated heterocycles. The van der Waals surface area contributed by atoms with E-state index in [9.17, 15) is 13.2 Å². The van der Waals surface area contributed by atoms with Gasteiger partial charge in [0.15, 0.2) is 0 Å². The number of nitrogens with zero attached hydrogens (tertiary/aromatic N) is 1. The van der Waals surface area contributed by atoms with Crippen molar-refractivity contribution >= 4 is 16.0 Å². The Morgan fingerprint density at radius 2 is 1.92 bits per heavy atom. The number of sulfonamides is 1. The highest BCUT2D eigenvalue weighted by atomic mass is 32.2. The molecule has 8 heteroatoms. The first-order valence-electron chi connectivity index (χ1n) is 8.35. The molecule has 1 aliphatic rings. The number of aliphatic carboxylic acids is 1. The van der Waals surface area contributed by atoms with E-state index < -0.39 is 28.5 Å². The number of rotatable bonds is 5. The molecule has 1 atom stereocenters. The fourth-order valence-corrected chi connectivity index (χ4v) is 5.03. The van der Waals surface area contributed by atoms with Crippen molar-refractivity contribution in [3.05, 3.63) is 22.3 Å². The number of benzene rings is 1. The predicted molar refractivity (Wildman–Crippen MR) is 95.7 cm³/mol. The normalized spacial score (nSPS) is 16.9. The first kappa shape index (κ1) is 20.2. The lowest BCUT2D eigenvalue weighted by Crippen LogP contribution is -2.41. The van der Waals surface area contributed by atoms with Crippen LogP contribution in [0.1, 0.15) is 48.9 Å². The van der Waals surface area contributed by atoms with E-state index in [2.05, 4.69) is 4.72 Å². The van der Waals surface area contributed by atoms with Gasteiger partial charge in [-0.25, -0.2) is 8.42 Å². The van der Waals surface area contributed by atoms with Gasteiger partial charge in [-0.2, -0.15) is 9.98 Å². The van der Waals surface area contributed by atoms with E-state index in [4.69, 9.17) is 15.1 Å². The van der Waals surface area contributed by atoms with Crippen LogP contribution in [-0.4, -0.2) is 31.1 Å². The Kier molecular flexibility index (Phi) is 5.36. The average Bonchev–Trinajstić information content (AvgIpc) is 2.51. The van der Waals surface area contributed by atoms with E-state index >= 15 is 0 Å². The number of fused-ring (bicyclic) bond motifs is 1. The van der Waals surface area contributed by atoms with Crippen LogP contribution in [0.25, 0.3) is 0 Å². The van der Waals surface area contributed by atoms with Crippen LogP contribution in [0.4, 0.5) is 0 Å². The highest BCUT2D eigenvalue weighted by molar-refractivity contribution is 7.89. The van der Waals surface area contributed by atoms with Crippen LogP contribution in [0.15, 0.2) is 4.90 Å². The summed E-state index contributed by atoms with van der Waals surface area (Å²) in [7, 11) is -4.11. The molecule has 1 aliphatic heterocycles. The summed E-state index contributed by atoms with van der Waals surface area (Å²) < 4.78 is 34.0. The number of carboxylic acid groups (broad SMARTS) is 1. The van der Waals surface area contributed by atoms with Gasteiger partial charge in [0, 0.05) is 0 Å². The molecule has 0 aromatic heterocycles. The Labute approximate surface area is 154 Å². The molecular weight excluding hydrogens is 356 g/mol. The summed E-state index contributed by atoms with van der Waals surface area (Å²) >= 11 is 0. The van der Waals surface area contributed by atoms with Crippen LogP contribution >= 0.6 is 0 Å². The van der Waals surface area contributed by atoms with Crippen LogP contribution in [0.3, 0.4) is 0 Å². The zero-order valence-electron chi connectivity index (χ0n) is 15.6. The predicted octanol–water partition coefficient (Wildman–Crippen LogP) is 2.36. The third kappa shape index (κ3) is 3.69. The van der Waals surface area contributed by atoms with Gasteiger partial charge in [0.2, 0.25) is 10.0 Å². The molecule has 26 heavy (non-hydrogen) atoms. The van der Waals surface area contributed by atoms with Gasteiger partial charge < -0.3 is 9.84 Å². The molecule has 2 N–H and O–H groups in total. The molecule has 0 amide bonds. The van der Waals surface area contributed by atoms with Crippen molar-refractivity contribution in [2.45, 2.75) is 70.4 Å². The van der Waals surface area contributed by atoms with Crippen LogP contribution in [-0.2, 0) is 21.2 Å². The molecule has 1 aromatic carbocycles. The summed E-state index contributed by atoms with van der Waals surface area (Å²) in [4.78, 5) is 11.3. The van der Waals surface area contributed by atoms with Gasteiger partial charge in [-0.05, 0) is 69.7 Å². The van der Waals surface area contributed by atoms with Crippen LogP contribution in [0.5, 0.6) is 5.75 Å². The zero-order valence-corrected chi connectivity index (χ0v) is 16.5. The number of hydrogen-bond donors (Lipinski definition) is 2. The fraction of sp³-hybridized carbons (Fsp3) is 0.556. The highest BCUT2D eigenvalue weighted by Crippen LogP contribution is 2.42. The first-order chi connectivity index (χ1) is 11.9. The van der Waals surface area contributed by atoms with Gasteiger partial charge in [-0.15, -0.1) is 0 Å². The minimum Gasteiger partial charge on any atom is -0.487 e. The number of ether oxygens (including phenoxy) is 1. The summed E-state index contributed by atoms with van der Waals surface area (Å²) in [6.45, 7) is 9.18. The summed E-state index contributed by atoms with van der Waals surface area (Å²) in [5.74, 6) is -0.674. The molecule has 0 saturated carbocycles. The quantitative estimate of drug-likeness (QED) is 0.810. The maximum absolute atomic E-state index is 12.9. The van der Waals surface area contributed by atoms with Crippen molar-refractivity contribution in [3.63, 3.8) is 0 Å². The second-order valence-corrected chi connectivity index (χ2v) is 8.90. The maximum Gasteiger partial charge on any atom is 0.322 e. The highest BCUT2D eigenvalue weighted by Gasteiger charge is 2.34. The van der Waals surface area contributed by atoms with Gasteiger partial charge in [-0.3, -0.25) is 4.79 Å². The number of carboxylic acids is 1. The van der Waals surface area contributed by atoms with Gasteiger partial charge in [0.1, 0.15) is 17.4 Å². The molecule has 0 unspecified atom stereocenters.